The number of ether oxygens (including phenoxy) is 1. The minimum atomic E-state index is -1.62. The molecule has 3 aromatic rings. The van der Waals surface area contributed by atoms with Gasteiger partial charge in [0.1, 0.15) is 6.04 Å². The molecule has 2 heterocycles. The van der Waals surface area contributed by atoms with Crippen LogP contribution in [0.15, 0.2) is 78.9 Å². The summed E-state index contributed by atoms with van der Waals surface area (Å²) in [5, 5.41) is 10.7. The molecule has 1 saturated heterocycles. The zero-order valence-corrected chi connectivity index (χ0v) is 19.9. The minimum Gasteiger partial charge on any atom is -0.468 e. The molecule has 0 aliphatic carbocycles. The molecule has 0 spiro atoms. The van der Waals surface area contributed by atoms with Crippen molar-refractivity contribution in [2.24, 2.45) is 5.41 Å². The van der Waals surface area contributed by atoms with E-state index >= 15 is 0 Å². The van der Waals surface area contributed by atoms with Crippen molar-refractivity contribution < 1.29 is 14.3 Å². The van der Waals surface area contributed by atoms with Crippen LogP contribution in [0.5, 0.6) is 0 Å². The van der Waals surface area contributed by atoms with Crippen molar-refractivity contribution in [2.45, 2.75) is 31.8 Å². The molecular weight excluding hydrogens is 436 g/mol. The topological polar surface area (TPSA) is 70.4 Å². The first-order valence-electron chi connectivity index (χ1n) is 11.7. The van der Waals surface area contributed by atoms with Crippen molar-refractivity contribution >= 4 is 23.5 Å². The normalized spacial score (nSPS) is 24.3. The smallest absolute Gasteiger partial charge is 0.329 e. The van der Waals surface area contributed by atoms with Gasteiger partial charge in [0.25, 0.3) is 0 Å². The minimum absolute atomic E-state index is 0.133. The van der Waals surface area contributed by atoms with Gasteiger partial charge in [-0.2, -0.15) is 5.26 Å². The summed E-state index contributed by atoms with van der Waals surface area (Å²) < 4.78 is 5.28. The standard InChI is InChI=1S/C30H26N2O3/c1-19-13-15-23(20(2)17-19)26-27(28(33)22-10-5-4-6-11-22)32-24-12-8-7-9-21(24)14-16-25(32)30(26,18-31)29(34)35-3/h4-17,25-27H,1-3H3/t25-,26-,27-,30+/m1/s1. The van der Waals surface area contributed by atoms with Crippen LogP contribution < -0.4 is 4.90 Å². The van der Waals surface area contributed by atoms with E-state index < -0.39 is 29.4 Å². The molecule has 0 N–H and O–H groups in total. The van der Waals surface area contributed by atoms with E-state index in [-0.39, 0.29) is 5.78 Å². The van der Waals surface area contributed by atoms with E-state index in [0.717, 1.165) is 27.9 Å². The highest BCUT2D eigenvalue weighted by molar-refractivity contribution is 6.06. The number of aryl methyl sites for hydroxylation is 2. The molecule has 5 heteroatoms. The fourth-order valence-electron chi connectivity index (χ4n) is 5.83. The Hall–Kier alpha value is -4.17. The van der Waals surface area contributed by atoms with Gasteiger partial charge in [0.2, 0.25) is 0 Å². The van der Waals surface area contributed by atoms with Gasteiger partial charge in [0, 0.05) is 17.2 Å². The summed E-state index contributed by atoms with van der Waals surface area (Å²) in [5.41, 5.74) is 3.49. The van der Waals surface area contributed by atoms with E-state index in [1.54, 1.807) is 12.1 Å². The molecule has 2 aliphatic rings. The first kappa shape index (κ1) is 22.6. The van der Waals surface area contributed by atoms with Crippen LogP contribution in [0.4, 0.5) is 5.69 Å². The number of methoxy groups -OCH3 is 1. The van der Waals surface area contributed by atoms with Crippen molar-refractivity contribution in [1.29, 1.82) is 5.26 Å². The lowest BCUT2D eigenvalue weighted by Gasteiger charge is -2.36. The van der Waals surface area contributed by atoms with E-state index in [4.69, 9.17) is 4.74 Å². The van der Waals surface area contributed by atoms with Crippen LogP contribution in [-0.2, 0) is 9.53 Å². The Morgan fingerprint density at radius 2 is 1.71 bits per heavy atom. The van der Waals surface area contributed by atoms with Gasteiger partial charge in [-0.25, -0.2) is 0 Å². The average molecular weight is 463 g/mol. The van der Waals surface area contributed by atoms with E-state index in [2.05, 4.69) is 6.07 Å². The van der Waals surface area contributed by atoms with Crippen LogP contribution in [-0.4, -0.2) is 30.9 Å². The first-order valence-corrected chi connectivity index (χ1v) is 11.7. The Morgan fingerprint density at radius 1 is 1.00 bits per heavy atom. The number of fused-ring (bicyclic) bond motifs is 3. The predicted octanol–water partition coefficient (Wildman–Crippen LogP) is 5.24. The van der Waals surface area contributed by atoms with Crippen molar-refractivity contribution in [2.75, 3.05) is 12.0 Å². The second-order valence-corrected chi connectivity index (χ2v) is 9.26. The van der Waals surface area contributed by atoms with Gasteiger partial charge in [-0.1, -0.05) is 84.4 Å². The van der Waals surface area contributed by atoms with Gasteiger partial charge < -0.3 is 9.64 Å². The molecule has 4 atom stereocenters. The van der Waals surface area contributed by atoms with E-state index in [1.165, 1.54) is 7.11 Å². The number of ketones is 1. The van der Waals surface area contributed by atoms with Crippen molar-refractivity contribution in [1.82, 2.24) is 0 Å². The number of nitriles is 1. The SMILES string of the molecule is COC(=O)[C@]1(C#N)[C@H](c2ccc(C)cc2C)[C@H](C(=O)c2ccccc2)N2c3ccccc3C=C[C@@H]21. The highest BCUT2D eigenvalue weighted by Gasteiger charge is 2.67. The number of carbonyl (C=O) groups is 2. The Kier molecular flexibility index (Phi) is 5.53. The molecule has 0 radical (unpaired) electrons. The van der Waals surface area contributed by atoms with Crippen molar-refractivity contribution in [3.05, 3.63) is 107 Å². The molecule has 0 amide bonds. The summed E-state index contributed by atoms with van der Waals surface area (Å²) in [6.07, 6.45) is 3.80. The Morgan fingerprint density at radius 3 is 2.40 bits per heavy atom. The van der Waals surface area contributed by atoms with Gasteiger partial charge in [-0.05, 0) is 36.6 Å². The summed E-state index contributed by atoms with van der Waals surface area (Å²) in [4.78, 5) is 29.8. The molecule has 3 aromatic carbocycles. The third kappa shape index (κ3) is 3.29. The van der Waals surface area contributed by atoms with Crippen LogP contribution >= 0.6 is 0 Å². The number of hydrogen-bond acceptors (Lipinski definition) is 5. The van der Waals surface area contributed by atoms with Crippen LogP contribution in [0.3, 0.4) is 0 Å². The molecule has 0 aromatic heterocycles. The monoisotopic (exact) mass is 462 g/mol. The van der Waals surface area contributed by atoms with Crippen LogP contribution in [0.1, 0.15) is 38.5 Å². The maximum absolute atomic E-state index is 14.3. The second-order valence-electron chi connectivity index (χ2n) is 9.26. The quantitative estimate of drug-likeness (QED) is 0.392. The van der Waals surface area contributed by atoms with Gasteiger partial charge in [0.15, 0.2) is 11.2 Å². The number of anilines is 1. The van der Waals surface area contributed by atoms with E-state index in [1.807, 2.05) is 91.6 Å². The zero-order valence-electron chi connectivity index (χ0n) is 19.9. The third-order valence-corrected chi connectivity index (χ3v) is 7.34. The fraction of sp³-hybridized carbons (Fsp3) is 0.233. The number of esters is 1. The highest BCUT2D eigenvalue weighted by Crippen LogP contribution is 2.56. The lowest BCUT2D eigenvalue weighted by atomic mass is 9.67. The molecular formula is C30H26N2O3. The number of Topliss-reactive ketones (excluding diaryl/α,β-unsaturated/α-hetero) is 1. The van der Waals surface area contributed by atoms with Crippen molar-refractivity contribution in [3.8, 4) is 6.07 Å². The molecule has 0 bridgehead atoms. The lowest BCUT2D eigenvalue weighted by Crippen LogP contribution is -2.46. The molecule has 174 valence electrons. The number of carbonyl (C=O) groups excluding carboxylic acids is 2. The number of rotatable bonds is 4. The van der Waals surface area contributed by atoms with Crippen molar-refractivity contribution in [3.63, 3.8) is 0 Å². The summed E-state index contributed by atoms with van der Waals surface area (Å²) in [6.45, 7) is 3.96. The van der Waals surface area contributed by atoms with Gasteiger partial charge in [-0.15, -0.1) is 0 Å². The third-order valence-electron chi connectivity index (χ3n) is 7.34. The Bertz CT molecular complexity index is 1390. The van der Waals surface area contributed by atoms with E-state index in [9.17, 15) is 14.9 Å². The Balaban J connectivity index is 1.84. The molecule has 35 heavy (non-hydrogen) atoms. The molecule has 2 aliphatic heterocycles. The van der Waals surface area contributed by atoms with E-state index in [0.29, 0.717) is 5.56 Å². The fourth-order valence-corrected chi connectivity index (χ4v) is 5.83. The second kappa shape index (κ2) is 8.56. The largest absolute Gasteiger partial charge is 0.468 e. The maximum Gasteiger partial charge on any atom is 0.329 e. The van der Waals surface area contributed by atoms with Crippen LogP contribution in [0, 0.1) is 30.6 Å². The lowest BCUT2D eigenvalue weighted by molar-refractivity contribution is -0.150. The summed E-state index contributed by atoms with van der Waals surface area (Å²) in [5.74, 6) is -1.51. The molecule has 5 rings (SSSR count). The summed E-state index contributed by atoms with van der Waals surface area (Å²) in [6, 6.07) is 23.7. The number of nitrogens with zero attached hydrogens (tertiary/aromatic N) is 2. The predicted molar refractivity (Wildman–Crippen MR) is 135 cm³/mol. The van der Waals surface area contributed by atoms with Gasteiger partial charge in [0.05, 0.1) is 19.2 Å². The Labute approximate surface area is 205 Å². The first-order chi connectivity index (χ1) is 16.9. The number of para-hydroxylation sites is 1. The van der Waals surface area contributed by atoms with Gasteiger partial charge in [-0.3, -0.25) is 9.59 Å². The number of benzene rings is 3. The van der Waals surface area contributed by atoms with Crippen LogP contribution in [0.25, 0.3) is 6.08 Å². The summed E-state index contributed by atoms with van der Waals surface area (Å²) in [7, 11) is 1.30. The summed E-state index contributed by atoms with van der Waals surface area (Å²) >= 11 is 0. The van der Waals surface area contributed by atoms with Crippen LogP contribution in [0.2, 0.25) is 0 Å². The molecule has 1 fully saturated rings. The molecule has 5 nitrogen and oxygen atoms in total. The molecule has 0 saturated carbocycles. The van der Waals surface area contributed by atoms with Gasteiger partial charge >= 0.3 is 5.97 Å². The molecule has 0 unspecified atom stereocenters. The maximum atomic E-state index is 14.3. The highest BCUT2D eigenvalue weighted by atomic mass is 16.5. The average Bonchev–Trinajstić information content (AvgIpc) is 3.19. The number of hydrogen-bond donors (Lipinski definition) is 0. The zero-order chi connectivity index (χ0) is 24.7.